The molecule has 0 atom stereocenters. The number of para-hydroxylation sites is 2. The smallest absolute Gasteiger partial charge is 0.269 e. The van der Waals surface area contributed by atoms with E-state index in [2.05, 4.69) is 9.97 Å². The molecule has 2 N–H and O–H groups in total. The van der Waals surface area contributed by atoms with E-state index in [1.165, 1.54) is 12.1 Å². The Morgan fingerprint density at radius 1 is 1.09 bits per heavy atom. The Labute approximate surface area is 130 Å². The second-order valence-corrected chi connectivity index (χ2v) is 5.09. The molecule has 2 aromatic heterocycles. The molecule has 112 valence electrons. The van der Waals surface area contributed by atoms with Gasteiger partial charge in [-0.05, 0) is 24.3 Å². The van der Waals surface area contributed by atoms with Crippen LogP contribution in [0, 0.1) is 10.1 Å². The lowest BCUT2D eigenvalue weighted by molar-refractivity contribution is -0.384. The van der Waals surface area contributed by atoms with E-state index in [-0.39, 0.29) is 5.69 Å². The van der Waals surface area contributed by atoms with Crippen molar-refractivity contribution in [2.75, 3.05) is 5.73 Å². The third-order valence-corrected chi connectivity index (χ3v) is 3.73. The van der Waals surface area contributed by atoms with Crippen molar-refractivity contribution in [1.82, 2.24) is 14.4 Å². The van der Waals surface area contributed by atoms with Gasteiger partial charge in [-0.3, -0.25) is 14.5 Å². The van der Waals surface area contributed by atoms with E-state index < -0.39 is 4.92 Å². The molecule has 4 rings (SSSR count). The molecule has 7 heteroatoms. The van der Waals surface area contributed by atoms with E-state index in [1.807, 2.05) is 28.7 Å². The van der Waals surface area contributed by atoms with Crippen LogP contribution in [0.5, 0.6) is 0 Å². The van der Waals surface area contributed by atoms with Crippen molar-refractivity contribution in [3.8, 4) is 11.3 Å². The molecular formula is C16H11N5O2. The zero-order valence-electron chi connectivity index (χ0n) is 11.9. The van der Waals surface area contributed by atoms with Crippen LogP contribution in [0.1, 0.15) is 0 Å². The Kier molecular flexibility index (Phi) is 2.74. The van der Waals surface area contributed by atoms with Gasteiger partial charge in [0.05, 0.1) is 27.8 Å². The molecule has 0 aliphatic rings. The topological polar surface area (TPSA) is 99.3 Å². The summed E-state index contributed by atoms with van der Waals surface area (Å²) >= 11 is 0. The maximum absolute atomic E-state index is 10.8. The number of rotatable bonds is 2. The zero-order valence-corrected chi connectivity index (χ0v) is 11.9. The van der Waals surface area contributed by atoms with Crippen molar-refractivity contribution in [1.29, 1.82) is 0 Å². The van der Waals surface area contributed by atoms with Gasteiger partial charge < -0.3 is 5.73 Å². The lowest BCUT2D eigenvalue weighted by Gasteiger charge is -2.07. The van der Waals surface area contributed by atoms with Crippen LogP contribution in [0.25, 0.3) is 27.9 Å². The molecular weight excluding hydrogens is 294 g/mol. The Balaban J connectivity index is 2.02. The Morgan fingerprint density at radius 3 is 2.57 bits per heavy atom. The maximum atomic E-state index is 10.8. The Morgan fingerprint density at radius 2 is 1.83 bits per heavy atom. The largest absolute Gasteiger partial charge is 0.381 e. The number of nitro benzene ring substituents is 1. The molecule has 0 bridgehead atoms. The van der Waals surface area contributed by atoms with E-state index in [4.69, 9.17) is 5.73 Å². The van der Waals surface area contributed by atoms with Gasteiger partial charge in [0, 0.05) is 17.7 Å². The summed E-state index contributed by atoms with van der Waals surface area (Å²) in [6.07, 6.45) is 1.70. The van der Waals surface area contributed by atoms with Crippen molar-refractivity contribution >= 4 is 28.2 Å². The average molecular weight is 305 g/mol. The molecule has 0 spiro atoms. The molecule has 2 heterocycles. The number of nitro groups is 1. The van der Waals surface area contributed by atoms with Gasteiger partial charge in [0.2, 0.25) is 0 Å². The highest BCUT2D eigenvalue weighted by Crippen LogP contribution is 2.28. The van der Waals surface area contributed by atoms with Crippen molar-refractivity contribution in [2.24, 2.45) is 0 Å². The van der Waals surface area contributed by atoms with Crippen molar-refractivity contribution < 1.29 is 4.92 Å². The number of hydrogen-bond donors (Lipinski definition) is 1. The first-order chi connectivity index (χ1) is 11.1. The van der Waals surface area contributed by atoms with Crippen LogP contribution in [-0.2, 0) is 0 Å². The van der Waals surface area contributed by atoms with Gasteiger partial charge in [-0.2, -0.15) is 0 Å². The van der Waals surface area contributed by atoms with Crippen LogP contribution < -0.4 is 5.73 Å². The van der Waals surface area contributed by atoms with Crippen molar-refractivity contribution in [3.05, 3.63) is 64.8 Å². The summed E-state index contributed by atoms with van der Waals surface area (Å²) < 4.78 is 1.92. The van der Waals surface area contributed by atoms with Crippen LogP contribution in [0.2, 0.25) is 0 Å². The number of nitrogens with zero attached hydrogens (tertiary/aromatic N) is 4. The van der Waals surface area contributed by atoms with Crippen LogP contribution in [0.3, 0.4) is 0 Å². The van der Waals surface area contributed by atoms with Gasteiger partial charge in [0.1, 0.15) is 0 Å². The molecule has 0 radical (unpaired) electrons. The van der Waals surface area contributed by atoms with Crippen LogP contribution in [-0.4, -0.2) is 19.3 Å². The van der Waals surface area contributed by atoms with Crippen LogP contribution in [0.4, 0.5) is 11.5 Å². The van der Waals surface area contributed by atoms with Crippen LogP contribution >= 0.6 is 0 Å². The molecule has 0 saturated heterocycles. The molecule has 0 amide bonds. The SMILES string of the molecule is Nc1nc2ccccc2n2c(-c3ccc([N+](=O)[O-])cc3)cnc12. The van der Waals surface area contributed by atoms with E-state index in [0.29, 0.717) is 11.5 Å². The number of non-ortho nitro benzene ring substituents is 1. The number of nitrogens with two attached hydrogens (primary N) is 1. The molecule has 0 unspecified atom stereocenters. The molecule has 7 nitrogen and oxygen atoms in total. The first kappa shape index (κ1) is 13.2. The second-order valence-electron chi connectivity index (χ2n) is 5.09. The monoisotopic (exact) mass is 305 g/mol. The minimum atomic E-state index is -0.421. The normalized spacial score (nSPS) is 11.1. The fourth-order valence-corrected chi connectivity index (χ4v) is 2.66. The van der Waals surface area contributed by atoms with Crippen molar-refractivity contribution in [2.45, 2.75) is 0 Å². The Hall–Kier alpha value is -3.48. The van der Waals surface area contributed by atoms with E-state index in [1.54, 1.807) is 18.3 Å². The molecule has 0 saturated carbocycles. The summed E-state index contributed by atoms with van der Waals surface area (Å²) in [7, 11) is 0. The van der Waals surface area contributed by atoms with E-state index in [0.717, 1.165) is 22.3 Å². The molecule has 2 aromatic carbocycles. The fourth-order valence-electron chi connectivity index (χ4n) is 2.66. The summed E-state index contributed by atoms with van der Waals surface area (Å²) in [5.41, 5.74) is 9.87. The highest BCUT2D eigenvalue weighted by molar-refractivity contribution is 5.85. The summed E-state index contributed by atoms with van der Waals surface area (Å²) in [6, 6.07) is 14.0. The van der Waals surface area contributed by atoms with Gasteiger partial charge >= 0.3 is 0 Å². The summed E-state index contributed by atoms with van der Waals surface area (Å²) in [6.45, 7) is 0. The Bertz CT molecular complexity index is 1050. The first-order valence-electron chi connectivity index (χ1n) is 6.91. The van der Waals surface area contributed by atoms with Gasteiger partial charge in [-0.25, -0.2) is 9.97 Å². The summed E-state index contributed by atoms with van der Waals surface area (Å²) in [4.78, 5) is 19.1. The van der Waals surface area contributed by atoms with E-state index in [9.17, 15) is 10.1 Å². The first-order valence-corrected chi connectivity index (χ1v) is 6.91. The predicted molar refractivity (Wildman–Crippen MR) is 87.0 cm³/mol. The molecule has 0 aliphatic heterocycles. The second kappa shape index (κ2) is 4.77. The number of fused-ring (bicyclic) bond motifs is 3. The number of imidazole rings is 1. The lowest BCUT2D eigenvalue weighted by atomic mass is 10.1. The number of benzene rings is 2. The van der Waals surface area contributed by atoms with Gasteiger partial charge in [0.15, 0.2) is 11.5 Å². The van der Waals surface area contributed by atoms with Gasteiger partial charge in [0.25, 0.3) is 5.69 Å². The summed E-state index contributed by atoms with van der Waals surface area (Å²) in [5.74, 6) is 0.344. The zero-order chi connectivity index (χ0) is 16.0. The van der Waals surface area contributed by atoms with Gasteiger partial charge in [-0.15, -0.1) is 0 Å². The molecule has 0 fully saturated rings. The number of hydrogen-bond acceptors (Lipinski definition) is 5. The predicted octanol–water partition coefficient (Wildman–Crippen LogP) is 3.04. The minimum Gasteiger partial charge on any atom is -0.381 e. The third-order valence-electron chi connectivity index (χ3n) is 3.73. The highest BCUT2D eigenvalue weighted by atomic mass is 16.6. The van der Waals surface area contributed by atoms with Gasteiger partial charge in [-0.1, -0.05) is 12.1 Å². The molecule has 4 aromatic rings. The maximum Gasteiger partial charge on any atom is 0.269 e. The molecule has 23 heavy (non-hydrogen) atoms. The number of nitrogen functional groups attached to an aromatic ring is 1. The summed E-state index contributed by atoms with van der Waals surface area (Å²) in [5, 5.41) is 10.8. The van der Waals surface area contributed by atoms with Crippen LogP contribution in [0.15, 0.2) is 54.7 Å². The highest BCUT2D eigenvalue weighted by Gasteiger charge is 2.14. The standard InChI is InChI=1S/C16H11N5O2/c17-15-16-18-9-14(10-5-7-11(8-6-10)21(22)23)20(16)13-4-2-1-3-12(13)19-15/h1-9H,(H2,17,19). The van der Waals surface area contributed by atoms with Crippen molar-refractivity contribution in [3.63, 3.8) is 0 Å². The number of anilines is 1. The third kappa shape index (κ3) is 1.98. The van der Waals surface area contributed by atoms with E-state index >= 15 is 0 Å². The fraction of sp³-hybridized carbons (Fsp3) is 0. The molecule has 0 aliphatic carbocycles. The number of aromatic nitrogens is 3. The minimum absolute atomic E-state index is 0.0496. The average Bonchev–Trinajstić information content (AvgIpc) is 3.01. The lowest BCUT2D eigenvalue weighted by Crippen LogP contribution is -1.99. The quantitative estimate of drug-likeness (QED) is 0.453.